The average molecular weight is 263 g/mol. The molecule has 0 atom stereocenters. The van der Waals surface area contributed by atoms with Gasteiger partial charge in [-0.1, -0.05) is 0 Å². The topological polar surface area (TPSA) is 41.6 Å². The number of pyridine rings is 1. The van der Waals surface area contributed by atoms with E-state index in [1.54, 1.807) is 6.20 Å². The first-order valence-electron chi connectivity index (χ1n) is 2.92. The molecule has 0 saturated carbocycles. The molecule has 0 bridgehead atoms. The first kappa shape index (κ1) is 6.96. The summed E-state index contributed by atoms with van der Waals surface area (Å²) in [5.74, 6) is -0.480. The van der Waals surface area contributed by atoms with Crippen molar-refractivity contribution in [2.24, 2.45) is 0 Å². The molecule has 2 aromatic heterocycles. The molecule has 0 unspecified atom stereocenters. The van der Waals surface area contributed by atoms with Crippen molar-refractivity contribution in [1.82, 2.24) is 15.2 Å². The molecule has 2 rings (SSSR count). The number of nitrogens with one attached hydrogen (secondary N) is 1. The van der Waals surface area contributed by atoms with Crippen LogP contribution in [0.2, 0.25) is 0 Å². The van der Waals surface area contributed by atoms with Gasteiger partial charge >= 0.3 is 0 Å². The summed E-state index contributed by atoms with van der Waals surface area (Å²) in [6.45, 7) is 0. The predicted molar refractivity (Wildman–Crippen MR) is 46.6 cm³/mol. The molecule has 0 spiro atoms. The molecule has 0 aromatic carbocycles. The van der Waals surface area contributed by atoms with Crippen molar-refractivity contribution in [2.75, 3.05) is 0 Å². The molecule has 0 aliphatic heterocycles. The Kier molecular flexibility index (Phi) is 1.52. The van der Waals surface area contributed by atoms with Crippen LogP contribution in [0.25, 0.3) is 11.0 Å². The fourth-order valence-electron chi connectivity index (χ4n) is 0.861. The minimum absolute atomic E-state index is 0.480. The Bertz CT molecular complexity index is 398. The third-order valence-corrected chi connectivity index (χ3v) is 2.23. The Hall–Kier alpha value is -0.720. The Morgan fingerprint density at radius 3 is 3.18 bits per heavy atom. The van der Waals surface area contributed by atoms with Crippen LogP contribution in [0.3, 0.4) is 0 Å². The van der Waals surface area contributed by atoms with E-state index in [1.165, 1.54) is 6.07 Å². The first-order chi connectivity index (χ1) is 5.27. The van der Waals surface area contributed by atoms with Crippen LogP contribution < -0.4 is 0 Å². The van der Waals surface area contributed by atoms with Gasteiger partial charge < -0.3 is 0 Å². The maximum atomic E-state index is 12.6. The van der Waals surface area contributed by atoms with Crippen molar-refractivity contribution in [3.05, 3.63) is 21.8 Å². The van der Waals surface area contributed by atoms with Gasteiger partial charge in [-0.05, 0) is 22.6 Å². The van der Waals surface area contributed by atoms with Gasteiger partial charge in [0.2, 0.25) is 5.95 Å². The number of nitrogens with zero attached hydrogens (tertiary/aromatic N) is 2. The zero-order valence-corrected chi connectivity index (χ0v) is 7.46. The largest absolute Gasteiger partial charge is 0.261 e. The third-order valence-electron chi connectivity index (χ3n) is 1.34. The minimum atomic E-state index is -0.480. The second-order valence-corrected chi connectivity index (χ2v) is 3.22. The number of aromatic amines is 1. The van der Waals surface area contributed by atoms with Crippen LogP contribution in [0.1, 0.15) is 0 Å². The lowest BCUT2D eigenvalue weighted by atomic mass is 10.4. The van der Waals surface area contributed by atoms with E-state index in [1.807, 2.05) is 22.6 Å². The summed E-state index contributed by atoms with van der Waals surface area (Å²) in [6, 6.07) is 1.37. The number of fused-ring (bicyclic) bond motifs is 1. The van der Waals surface area contributed by atoms with Crippen molar-refractivity contribution >= 4 is 33.6 Å². The monoisotopic (exact) mass is 263 g/mol. The number of H-pyrrole nitrogens is 1. The zero-order valence-electron chi connectivity index (χ0n) is 5.31. The lowest BCUT2D eigenvalue weighted by Crippen LogP contribution is -1.85. The van der Waals surface area contributed by atoms with Crippen LogP contribution >= 0.6 is 22.6 Å². The Labute approximate surface area is 75.2 Å². The van der Waals surface area contributed by atoms with E-state index < -0.39 is 5.95 Å². The molecule has 0 radical (unpaired) electrons. The lowest BCUT2D eigenvalue weighted by molar-refractivity contribution is 0.587. The van der Waals surface area contributed by atoms with Gasteiger partial charge in [-0.25, -0.2) is 4.98 Å². The van der Waals surface area contributed by atoms with Gasteiger partial charge in [0, 0.05) is 9.64 Å². The molecule has 11 heavy (non-hydrogen) atoms. The van der Waals surface area contributed by atoms with Gasteiger partial charge in [-0.15, -0.1) is 0 Å². The van der Waals surface area contributed by atoms with Gasteiger partial charge in [-0.3, -0.25) is 5.10 Å². The minimum Gasteiger partial charge on any atom is -0.261 e. The Balaban J connectivity index is 2.91. The van der Waals surface area contributed by atoms with Crippen LogP contribution in [-0.4, -0.2) is 15.2 Å². The van der Waals surface area contributed by atoms with Crippen molar-refractivity contribution in [3.8, 4) is 0 Å². The molecule has 3 nitrogen and oxygen atoms in total. The molecule has 0 aliphatic carbocycles. The van der Waals surface area contributed by atoms with Crippen LogP contribution in [0, 0.1) is 9.52 Å². The van der Waals surface area contributed by atoms with Gasteiger partial charge in [0.25, 0.3) is 0 Å². The Morgan fingerprint density at radius 2 is 2.36 bits per heavy atom. The highest BCUT2D eigenvalue weighted by Gasteiger charge is 2.03. The molecular formula is C6H3FIN3. The van der Waals surface area contributed by atoms with E-state index in [4.69, 9.17) is 0 Å². The number of aromatic nitrogens is 3. The van der Waals surface area contributed by atoms with E-state index in [9.17, 15) is 4.39 Å². The second-order valence-electron chi connectivity index (χ2n) is 2.06. The van der Waals surface area contributed by atoms with Crippen molar-refractivity contribution < 1.29 is 4.39 Å². The summed E-state index contributed by atoms with van der Waals surface area (Å²) in [6.07, 6.45) is 1.63. The third kappa shape index (κ3) is 1.09. The summed E-state index contributed by atoms with van der Waals surface area (Å²) in [7, 11) is 0. The van der Waals surface area contributed by atoms with Crippen molar-refractivity contribution in [2.45, 2.75) is 0 Å². The molecule has 0 fully saturated rings. The number of rotatable bonds is 0. The van der Waals surface area contributed by atoms with Gasteiger partial charge in [0.1, 0.15) is 0 Å². The maximum Gasteiger partial charge on any atom is 0.215 e. The fraction of sp³-hybridized carbons (Fsp3) is 0. The van der Waals surface area contributed by atoms with Crippen LogP contribution in [0.5, 0.6) is 0 Å². The predicted octanol–water partition coefficient (Wildman–Crippen LogP) is 1.70. The maximum absolute atomic E-state index is 12.6. The van der Waals surface area contributed by atoms with Crippen molar-refractivity contribution in [3.63, 3.8) is 0 Å². The van der Waals surface area contributed by atoms with E-state index in [0.29, 0.717) is 5.65 Å². The highest BCUT2D eigenvalue weighted by molar-refractivity contribution is 14.1. The number of halogens is 2. The van der Waals surface area contributed by atoms with E-state index >= 15 is 0 Å². The smallest absolute Gasteiger partial charge is 0.215 e. The van der Waals surface area contributed by atoms with Gasteiger partial charge in [-0.2, -0.15) is 9.49 Å². The summed E-state index contributed by atoms with van der Waals surface area (Å²) in [4.78, 5) is 3.61. The molecule has 0 amide bonds. The zero-order chi connectivity index (χ0) is 7.84. The summed E-state index contributed by atoms with van der Waals surface area (Å²) in [5.41, 5.74) is 0.495. The van der Waals surface area contributed by atoms with Crippen LogP contribution in [0.15, 0.2) is 12.3 Å². The average Bonchev–Trinajstić information content (AvgIpc) is 2.34. The molecule has 0 aliphatic rings. The molecular weight excluding hydrogens is 260 g/mol. The molecule has 56 valence electrons. The van der Waals surface area contributed by atoms with Crippen LogP contribution in [0.4, 0.5) is 4.39 Å². The molecule has 1 N–H and O–H groups in total. The first-order valence-corrected chi connectivity index (χ1v) is 4.00. The highest BCUT2D eigenvalue weighted by atomic mass is 127. The van der Waals surface area contributed by atoms with Crippen molar-refractivity contribution in [1.29, 1.82) is 0 Å². The number of hydrogen-bond acceptors (Lipinski definition) is 2. The second kappa shape index (κ2) is 2.40. The van der Waals surface area contributed by atoms with Crippen LogP contribution in [-0.2, 0) is 0 Å². The van der Waals surface area contributed by atoms with Gasteiger partial charge in [0.15, 0.2) is 5.65 Å². The fourth-order valence-corrected chi connectivity index (χ4v) is 1.51. The van der Waals surface area contributed by atoms with E-state index in [-0.39, 0.29) is 0 Å². The number of hydrogen-bond donors (Lipinski definition) is 1. The summed E-state index contributed by atoms with van der Waals surface area (Å²) >= 11 is 2.04. The molecule has 0 saturated heterocycles. The standard InChI is InChI=1S/C6H3FIN3/c7-5-1-4(8)3-2-9-11-6(3)10-5/h1-2H,(H,9,10,11). The SMILES string of the molecule is Fc1cc(I)c2cn[nH]c2n1. The normalized spacial score (nSPS) is 10.7. The summed E-state index contributed by atoms with van der Waals surface area (Å²) in [5, 5.41) is 7.19. The molecule has 5 heteroatoms. The van der Waals surface area contributed by atoms with Gasteiger partial charge in [0.05, 0.1) is 11.6 Å². The quantitative estimate of drug-likeness (QED) is 0.580. The van der Waals surface area contributed by atoms with E-state index in [0.717, 1.165) is 8.96 Å². The molecule has 2 aromatic rings. The molecule has 2 heterocycles. The van der Waals surface area contributed by atoms with E-state index in [2.05, 4.69) is 15.2 Å². The lowest BCUT2D eigenvalue weighted by Gasteiger charge is -1.91. The Morgan fingerprint density at radius 1 is 1.55 bits per heavy atom. The highest BCUT2D eigenvalue weighted by Crippen LogP contribution is 2.16. The summed E-state index contributed by atoms with van der Waals surface area (Å²) < 4.78 is 13.4.